The number of hydrogen-bond acceptors (Lipinski definition) is 13. The minimum atomic E-state index is -0.693. The van der Waals surface area contributed by atoms with E-state index in [-0.39, 0.29) is 31.0 Å². The van der Waals surface area contributed by atoms with Gasteiger partial charge in [-0.25, -0.2) is 14.4 Å². The van der Waals surface area contributed by atoms with E-state index in [0.29, 0.717) is 56.8 Å². The van der Waals surface area contributed by atoms with Crippen molar-refractivity contribution in [3.8, 4) is 12.1 Å². The minimum Gasteiger partial charge on any atom is -0.462 e. The van der Waals surface area contributed by atoms with Crippen molar-refractivity contribution in [2.45, 2.75) is 20.8 Å². The Labute approximate surface area is 306 Å². The van der Waals surface area contributed by atoms with Crippen molar-refractivity contribution < 1.29 is 43.2 Å². The second-order valence-corrected chi connectivity index (χ2v) is 9.73. The highest BCUT2D eigenvalue weighted by Crippen LogP contribution is 2.19. The van der Waals surface area contributed by atoms with Gasteiger partial charge in [0.15, 0.2) is 6.29 Å². The fourth-order valence-corrected chi connectivity index (χ4v) is 4.17. The van der Waals surface area contributed by atoms with E-state index in [1.165, 1.54) is 12.2 Å². The van der Waals surface area contributed by atoms with Crippen LogP contribution in [0.4, 0.5) is 11.4 Å². The van der Waals surface area contributed by atoms with Crippen LogP contribution in [0, 0.1) is 22.7 Å². The number of aliphatic hydroxyl groups excluding tert-OH is 1. The molecule has 0 amide bonds. The standard InChI is InChI=1S/C36H38N4O8.C2H6.CH4O/c1-4-34(42)47-21-17-39(32-11-7-28(8-12-32)23-30(25-37)27-41)15-19-45-20-16-40(18-22-48-35(43)5-2)33-13-9-29(10-14-33)24-31(26-38)36(44)46-6-3;2*1-2/h4-5,7-14,23-24,27H,1-2,6,15-22H2,3H3;1-2H3;2H,1H3/b30-23+,31-24+;;. The molecule has 13 nitrogen and oxygen atoms in total. The van der Waals surface area contributed by atoms with Gasteiger partial charge in [-0.2, -0.15) is 10.5 Å². The largest absolute Gasteiger partial charge is 0.462 e. The molecule has 0 heterocycles. The summed E-state index contributed by atoms with van der Waals surface area (Å²) in [4.78, 5) is 50.0. The van der Waals surface area contributed by atoms with E-state index in [1.54, 1.807) is 31.2 Å². The lowest BCUT2D eigenvalue weighted by Crippen LogP contribution is -2.34. The van der Waals surface area contributed by atoms with E-state index in [4.69, 9.17) is 29.3 Å². The monoisotopic (exact) mass is 716 g/mol. The summed E-state index contributed by atoms with van der Waals surface area (Å²) in [6.45, 7) is 15.2. The van der Waals surface area contributed by atoms with Crippen molar-refractivity contribution in [3.63, 3.8) is 0 Å². The third-order valence-electron chi connectivity index (χ3n) is 6.58. The van der Waals surface area contributed by atoms with Crippen LogP contribution in [0.5, 0.6) is 0 Å². The average molecular weight is 717 g/mol. The lowest BCUT2D eigenvalue weighted by Gasteiger charge is -2.26. The second-order valence-electron chi connectivity index (χ2n) is 9.73. The molecule has 0 atom stereocenters. The molecule has 2 aromatic carbocycles. The van der Waals surface area contributed by atoms with Crippen LogP contribution in [-0.2, 0) is 38.1 Å². The molecule has 2 rings (SSSR count). The van der Waals surface area contributed by atoms with Crippen molar-refractivity contribution in [3.05, 3.63) is 96.1 Å². The Morgan fingerprint density at radius 2 is 1.13 bits per heavy atom. The molecule has 0 saturated carbocycles. The van der Waals surface area contributed by atoms with E-state index in [2.05, 4.69) is 13.2 Å². The quantitative estimate of drug-likeness (QED) is 0.0470. The molecule has 0 aliphatic carbocycles. The van der Waals surface area contributed by atoms with E-state index in [1.807, 2.05) is 60.1 Å². The van der Waals surface area contributed by atoms with Gasteiger partial charge in [0, 0.05) is 43.7 Å². The number of rotatable bonds is 21. The predicted molar refractivity (Wildman–Crippen MR) is 200 cm³/mol. The summed E-state index contributed by atoms with van der Waals surface area (Å²) in [6.07, 6.45) is 5.61. The molecule has 13 heteroatoms. The summed E-state index contributed by atoms with van der Waals surface area (Å²) in [7, 11) is 1.00. The van der Waals surface area contributed by atoms with Crippen molar-refractivity contribution in [1.29, 1.82) is 10.5 Å². The van der Waals surface area contributed by atoms with Gasteiger partial charge in [-0.05, 0) is 54.5 Å². The molecule has 0 radical (unpaired) electrons. The van der Waals surface area contributed by atoms with E-state index >= 15 is 0 Å². The van der Waals surface area contributed by atoms with Gasteiger partial charge >= 0.3 is 17.9 Å². The number of aldehydes is 1. The van der Waals surface area contributed by atoms with Crippen LogP contribution in [-0.4, -0.2) is 95.6 Å². The van der Waals surface area contributed by atoms with E-state index < -0.39 is 17.9 Å². The average Bonchev–Trinajstić information content (AvgIpc) is 3.19. The van der Waals surface area contributed by atoms with Crippen LogP contribution in [0.2, 0.25) is 0 Å². The molecule has 0 aliphatic heterocycles. The van der Waals surface area contributed by atoms with Crippen molar-refractivity contribution in [1.82, 2.24) is 0 Å². The number of nitrogens with zero attached hydrogens (tertiary/aromatic N) is 4. The molecule has 0 fully saturated rings. The van der Waals surface area contributed by atoms with Gasteiger partial charge in [0.05, 0.1) is 38.5 Å². The maximum Gasteiger partial charge on any atom is 0.348 e. The fourth-order valence-electron chi connectivity index (χ4n) is 4.17. The molecule has 52 heavy (non-hydrogen) atoms. The van der Waals surface area contributed by atoms with Crippen LogP contribution in [0.3, 0.4) is 0 Å². The minimum absolute atomic E-state index is 0.00664. The smallest absolute Gasteiger partial charge is 0.348 e. The SMILES string of the molecule is C=CC(=O)OCCN(CCOCCN(CCOC(=O)C=C)c1ccc(/C=C(\C#N)C(=O)OCC)cc1)c1ccc(/C=C(\C#N)C=O)cc1.CC.CO. The zero-order valence-electron chi connectivity index (χ0n) is 30.3. The van der Waals surface area contributed by atoms with Crippen LogP contribution >= 0.6 is 0 Å². The summed E-state index contributed by atoms with van der Waals surface area (Å²) in [5.41, 5.74) is 2.83. The van der Waals surface area contributed by atoms with Gasteiger partial charge in [0.25, 0.3) is 0 Å². The number of hydrogen-bond donors (Lipinski definition) is 1. The number of carbonyl (C=O) groups is 4. The van der Waals surface area contributed by atoms with Gasteiger partial charge in [-0.15, -0.1) is 0 Å². The molecular formula is C39H48N4O9. The van der Waals surface area contributed by atoms with Crippen LogP contribution in [0.1, 0.15) is 31.9 Å². The summed E-state index contributed by atoms with van der Waals surface area (Å²) in [5, 5.41) is 25.3. The Kier molecular flexibility index (Phi) is 25.4. The highest BCUT2D eigenvalue weighted by Gasteiger charge is 2.12. The van der Waals surface area contributed by atoms with Crippen molar-refractivity contribution in [2.24, 2.45) is 0 Å². The first-order valence-electron chi connectivity index (χ1n) is 16.4. The van der Waals surface area contributed by atoms with Gasteiger partial charge < -0.3 is 33.9 Å². The van der Waals surface area contributed by atoms with Gasteiger partial charge in [-0.3, -0.25) is 4.79 Å². The molecular weight excluding hydrogens is 668 g/mol. The summed E-state index contributed by atoms with van der Waals surface area (Å²) in [6, 6.07) is 18.1. The molecule has 0 aromatic heterocycles. The molecule has 278 valence electrons. The summed E-state index contributed by atoms with van der Waals surface area (Å²) >= 11 is 0. The van der Waals surface area contributed by atoms with Crippen molar-refractivity contribution >= 4 is 47.7 Å². The molecule has 0 spiro atoms. The number of nitriles is 2. The predicted octanol–water partition coefficient (Wildman–Crippen LogP) is 4.69. The van der Waals surface area contributed by atoms with E-state index in [0.717, 1.165) is 30.6 Å². The number of aliphatic hydroxyl groups is 1. The first-order valence-corrected chi connectivity index (χ1v) is 16.4. The number of carbonyl (C=O) groups excluding carboxylic acids is 4. The third-order valence-corrected chi connectivity index (χ3v) is 6.58. The van der Waals surface area contributed by atoms with Crippen LogP contribution in [0.15, 0.2) is 85.0 Å². The lowest BCUT2D eigenvalue weighted by atomic mass is 10.1. The second kappa shape index (κ2) is 28.8. The number of esters is 3. The van der Waals surface area contributed by atoms with Crippen LogP contribution in [0.25, 0.3) is 12.2 Å². The highest BCUT2D eigenvalue weighted by atomic mass is 16.5. The van der Waals surface area contributed by atoms with Gasteiger partial charge in [0.2, 0.25) is 0 Å². The maximum absolute atomic E-state index is 12.0. The molecule has 0 saturated heterocycles. The Bertz CT molecular complexity index is 1550. The summed E-state index contributed by atoms with van der Waals surface area (Å²) in [5.74, 6) is -1.76. The van der Waals surface area contributed by atoms with Gasteiger partial charge in [0.1, 0.15) is 30.9 Å². The zero-order chi connectivity index (χ0) is 39.1. The Morgan fingerprint density at radius 3 is 1.50 bits per heavy atom. The first-order chi connectivity index (χ1) is 25.3. The molecule has 0 bridgehead atoms. The third kappa shape index (κ3) is 18.1. The number of anilines is 2. The first kappa shape index (κ1) is 46.0. The molecule has 0 aliphatic rings. The maximum atomic E-state index is 12.0. The normalized spacial score (nSPS) is 10.3. The number of ether oxygens (including phenoxy) is 4. The highest BCUT2D eigenvalue weighted by molar-refractivity contribution is 5.97. The van der Waals surface area contributed by atoms with Crippen molar-refractivity contribution in [2.75, 3.05) is 76.1 Å². The molecule has 0 unspecified atom stereocenters. The Morgan fingerprint density at radius 1 is 0.712 bits per heavy atom. The zero-order valence-corrected chi connectivity index (χ0v) is 30.3. The van der Waals surface area contributed by atoms with Crippen LogP contribution < -0.4 is 9.80 Å². The number of allylic oxidation sites excluding steroid dienone is 1. The Hall–Kier alpha value is -6.02. The molecule has 2 aromatic rings. The van der Waals surface area contributed by atoms with E-state index in [9.17, 15) is 24.4 Å². The fraction of sp³-hybridized carbons (Fsp3) is 0.333. The lowest BCUT2D eigenvalue weighted by molar-refractivity contribution is -0.138. The molecule has 1 N–H and O–H groups in total. The Balaban J connectivity index is 0.00000627. The van der Waals surface area contributed by atoms with Gasteiger partial charge in [-0.1, -0.05) is 51.3 Å². The topological polar surface area (TPSA) is 179 Å². The number of benzene rings is 2. The summed E-state index contributed by atoms with van der Waals surface area (Å²) < 4.78 is 21.2.